The molecule has 3 rings (SSSR count). The number of fused-ring (bicyclic) bond motifs is 1. The van der Waals surface area contributed by atoms with Crippen LogP contribution in [0, 0.1) is 6.92 Å². The molecule has 0 saturated carbocycles. The number of phenolic OH excluding ortho intramolecular Hbond substituents is 1. The fraction of sp³-hybridized carbons (Fsp3) is 0.0625. The first-order valence-electron chi connectivity index (χ1n) is 6.08. The van der Waals surface area contributed by atoms with Gasteiger partial charge in [0, 0.05) is 11.6 Å². The van der Waals surface area contributed by atoms with E-state index in [9.17, 15) is 9.90 Å². The van der Waals surface area contributed by atoms with E-state index >= 15 is 0 Å². The monoisotopic (exact) mass is 286 g/mol. The minimum Gasteiger partial charge on any atom is -0.508 e. The Balaban J connectivity index is 2.29. The molecule has 1 N–H and O–H groups in total. The standard InChI is InChI=1S/C16H11ClO3/c1-9-7-10(5-6-13(9)18)15-8-14(19)11-3-2-4-12(17)16(11)20-15/h2-8,18H,1H3. The van der Waals surface area contributed by atoms with E-state index in [1.807, 2.05) is 0 Å². The molecule has 0 amide bonds. The fourth-order valence-corrected chi connectivity index (χ4v) is 2.31. The van der Waals surface area contributed by atoms with E-state index in [0.29, 0.717) is 27.3 Å². The van der Waals surface area contributed by atoms with Crippen LogP contribution in [-0.4, -0.2) is 5.11 Å². The zero-order chi connectivity index (χ0) is 14.3. The van der Waals surface area contributed by atoms with Crippen LogP contribution in [0.4, 0.5) is 0 Å². The molecule has 2 aromatic carbocycles. The Morgan fingerprint density at radius 2 is 1.95 bits per heavy atom. The smallest absolute Gasteiger partial charge is 0.193 e. The van der Waals surface area contributed by atoms with Crippen molar-refractivity contribution in [2.24, 2.45) is 0 Å². The van der Waals surface area contributed by atoms with Crippen molar-refractivity contribution in [2.75, 3.05) is 0 Å². The number of aromatic hydroxyl groups is 1. The van der Waals surface area contributed by atoms with Crippen LogP contribution in [0.15, 0.2) is 51.7 Å². The maximum atomic E-state index is 12.1. The number of rotatable bonds is 1. The van der Waals surface area contributed by atoms with Gasteiger partial charge in [-0.2, -0.15) is 0 Å². The summed E-state index contributed by atoms with van der Waals surface area (Å²) in [5.41, 5.74) is 1.67. The minimum atomic E-state index is -0.144. The van der Waals surface area contributed by atoms with Gasteiger partial charge in [-0.15, -0.1) is 0 Å². The predicted octanol–water partition coefficient (Wildman–Crippen LogP) is 4.13. The molecule has 3 aromatic rings. The van der Waals surface area contributed by atoms with Crippen molar-refractivity contribution in [1.29, 1.82) is 0 Å². The van der Waals surface area contributed by atoms with Gasteiger partial charge in [-0.05, 0) is 42.8 Å². The Kier molecular flexibility index (Phi) is 2.99. The molecule has 3 nitrogen and oxygen atoms in total. The van der Waals surface area contributed by atoms with Crippen molar-refractivity contribution in [2.45, 2.75) is 6.92 Å². The number of hydrogen-bond donors (Lipinski definition) is 1. The van der Waals surface area contributed by atoms with Gasteiger partial charge in [0.2, 0.25) is 0 Å². The topological polar surface area (TPSA) is 50.4 Å². The van der Waals surface area contributed by atoms with Crippen LogP contribution in [-0.2, 0) is 0 Å². The van der Waals surface area contributed by atoms with Gasteiger partial charge >= 0.3 is 0 Å². The minimum absolute atomic E-state index is 0.144. The molecule has 100 valence electrons. The molecule has 1 heterocycles. The van der Waals surface area contributed by atoms with Crippen LogP contribution < -0.4 is 5.43 Å². The third kappa shape index (κ3) is 2.06. The van der Waals surface area contributed by atoms with Crippen LogP contribution in [0.5, 0.6) is 5.75 Å². The second-order valence-electron chi connectivity index (χ2n) is 4.59. The molecule has 1 aromatic heterocycles. The summed E-state index contributed by atoms with van der Waals surface area (Å²) in [6.07, 6.45) is 0. The Bertz CT molecular complexity index is 865. The summed E-state index contributed by atoms with van der Waals surface area (Å²) < 4.78 is 5.74. The zero-order valence-corrected chi connectivity index (χ0v) is 11.4. The van der Waals surface area contributed by atoms with Gasteiger partial charge < -0.3 is 9.52 Å². The van der Waals surface area contributed by atoms with E-state index < -0.39 is 0 Å². The molecule has 0 atom stereocenters. The Hall–Kier alpha value is -2.26. The van der Waals surface area contributed by atoms with Gasteiger partial charge in [0.25, 0.3) is 0 Å². The summed E-state index contributed by atoms with van der Waals surface area (Å²) in [5.74, 6) is 0.633. The summed E-state index contributed by atoms with van der Waals surface area (Å²) in [7, 11) is 0. The van der Waals surface area contributed by atoms with Crippen molar-refractivity contribution in [1.82, 2.24) is 0 Å². The molecular formula is C16H11ClO3. The zero-order valence-electron chi connectivity index (χ0n) is 10.7. The predicted molar refractivity (Wildman–Crippen MR) is 79.3 cm³/mol. The molecule has 0 fully saturated rings. The van der Waals surface area contributed by atoms with Crippen LogP contribution in [0.25, 0.3) is 22.3 Å². The first kappa shape index (κ1) is 12.8. The first-order valence-corrected chi connectivity index (χ1v) is 6.46. The van der Waals surface area contributed by atoms with E-state index in [1.54, 1.807) is 43.3 Å². The number of halogens is 1. The molecule has 0 aliphatic rings. The molecule has 0 aliphatic carbocycles. The average Bonchev–Trinajstić information content (AvgIpc) is 2.43. The van der Waals surface area contributed by atoms with Crippen molar-refractivity contribution in [3.05, 3.63) is 63.3 Å². The highest BCUT2D eigenvalue weighted by atomic mass is 35.5. The molecular weight excluding hydrogens is 276 g/mol. The van der Waals surface area contributed by atoms with E-state index in [1.165, 1.54) is 6.07 Å². The lowest BCUT2D eigenvalue weighted by atomic mass is 10.1. The van der Waals surface area contributed by atoms with Gasteiger partial charge in [-0.3, -0.25) is 4.79 Å². The fourth-order valence-electron chi connectivity index (χ4n) is 2.09. The summed E-state index contributed by atoms with van der Waals surface area (Å²) in [6, 6.07) is 11.5. The quantitative estimate of drug-likeness (QED) is 0.732. The average molecular weight is 287 g/mol. The lowest BCUT2D eigenvalue weighted by molar-refractivity contribution is 0.471. The molecule has 0 radical (unpaired) electrons. The van der Waals surface area contributed by atoms with Crippen molar-refractivity contribution in [3.8, 4) is 17.1 Å². The van der Waals surface area contributed by atoms with Gasteiger partial charge in [-0.25, -0.2) is 0 Å². The molecule has 0 unspecified atom stereocenters. The van der Waals surface area contributed by atoms with Crippen LogP contribution in [0.1, 0.15) is 5.56 Å². The van der Waals surface area contributed by atoms with Gasteiger partial charge in [-0.1, -0.05) is 17.7 Å². The maximum absolute atomic E-state index is 12.1. The molecule has 0 saturated heterocycles. The second-order valence-corrected chi connectivity index (χ2v) is 5.00. The van der Waals surface area contributed by atoms with Gasteiger partial charge in [0.1, 0.15) is 11.5 Å². The van der Waals surface area contributed by atoms with Crippen LogP contribution >= 0.6 is 11.6 Å². The van der Waals surface area contributed by atoms with E-state index in [0.717, 1.165) is 5.56 Å². The highest BCUT2D eigenvalue weighted by Crippen LogP contribution is 2.29. The lowest BCUT2D eigenvalue weighted by Crippen LogP contribution is -2.00. The molecule has 4 heteroatoms. The first-order chi connectivity index (χ1) is 9.56. The van der Waals surface area contributed by atoms with Crippen LogP contribution in [0.2, 0.25) is 5.02 Å². The number of para-hydroxylation sites is 1. The molecule has 0 aliphatic heterocycles. The summed E-state index contributed by atoms with van der Waals surface area (Å²) in [4.78, 5) is 12.1. The summed E-state index contributed by atoms with van der Waals surface area (Å²) in [5, 5.41) is 10.4. The SMILES string of the molecule is Cc1cc(-c2cc(=O)c3cccc(Cl)c3o2)ccc1O. The van der Waals surface area contributed by atoms with Crippen molar-refractivity contribution in [3.63, 3.8) is 0 Å². The third-order valence-electron chi connectivity index (χ3n) is 3.19. The van der Waals surface area contributed by atoms with Crippen molar-refractivity contribution < 1.29 is 9.52 Å². The number of hydrogen-bond acceptors (Lipinski definition) is 3. The lowest BCUT2D eigenvalue weighted by Gasteiger charge is -2.06. The summed E-state index contributed by atoms with van der Waals surface area (Å²) in [6.45, 7) is 1.78. The Morgan fingerprint density at radius 1 is 1.15 bits per heavy atom. The van der Waals surface area contributed by atoms with Crippen molar-refractivity contribution >= 4 is 22.6 Å². The van der Waals surface area contributed by atoms with Crippen LogP contribution in [0.3, 0.4) is 0 Å². The largest absolute Gasteiger partial charge is 0.508 e. The second kappa shape index (κ2) is 4.69. The highest BCUT2D eigenvalue weighted by Gasteiger charge is 2.10. The van der Waals surface area contributed by atoms with E-state index in [-0.39, 0.29) is 11.2 Å². The normalized spacial score (nSPS) is 10.9. The highest BCUT2D eigenvalue weighted by molar-refractivity contribution is 6.34. The number of benzene rings is 2. The maximum Gasteiger partial charge on any atom is 0.193 e. The summed E-state index contributed by atoms with van der Waals surface area (Å²) >= 11 is 6.07. The van der Waals surface area contributed by atoms with E-state index in [4.69, 9.17) is 16.0 Å². The molecule has 20 heavy (non-hydrogen) atoms. The van der Waals surface area contributed by atoms with Gasteiger partial charge in [0.05, 0.1) is 10.4 Å². The van der Waals surface area contributed by atoms with E-state index in [2.05, 4.69) is 0 Å². The number of phenols is 1. The third-order valence-corrected chi connectivity index (χ3v) is 3.49. The number of aryl methyl sites for hydroxylation is 1. The Labute approximate surface area is 120 Å². The molecule has 0 bridgehead atoms. The molecule has 0 spiro atoms. The Morgan fingerprint density at radius 3 is 2.70 bits per heavy atom. The van der Waals surface area contributed by atoms with Gasteiger partial charge in [0.15, 0.2) is 11.0 Å².